The summed E-state index contributed by atoms with van der Waals surface area (Å²) in [5, 5.41) is 12.8. The maximum Gasteiger partial charge on any atom is 0.421 e. The van der Waals surface area contributed by atoms with Gasteiger partial charge >= 0.3 is 6.09 Å². The highest BCUT2D eigenvalue weighted by atomic mass is 16.4. The minimum Gasteiger partial charge on any atom is -0.464 e. The fourth-order valence-corrected chi connectivity index (χ4v) is 3.74. The van der Waals surface area contributed by atoms with Gasteiger partial charge in [-0.1, -0.05) is 48.5 Å². The summed E-state index contributed by atoms with van der Waals surface area (Å²) in [4.78, 5) is 11.4. The summed E-state index contributed by atoms with van der Waals surface area (Å²) in [6.45, 7) is 2.14. The molecule has 1 N–H and O–H groups in total. The first-order chi connectivity index (χ1) is 10.8. The number of carboxylic acid groups (broad SMARTS) is 1. The summed E-state index contributed by atoms with van der Waals surface area (Å²) in [6, 6.07) is 16.9. The Labute approximate surface area is 129 Å². The quantitative estimate of drug-likeness (QED) is 0.923. The Hall–Kier alpha value is -2.33. The summed E-state index contributed by atoms with van der Waals surface area (Å²) in [5.41, 5.74) is 5.18. The summed E-state index contributed by atoms with van der Waals surface area (Å²) < 4.78 is 0. The highest BCUT2D eigenvalue weighted by Crippen LogP contribution is 2.45. The lowest BCUT2D eigenvalue weighted by atomic mass is 9.97. The smallest absolute Gasteiger partial charge is 0.421 e. The Balaban J connectivity index is 1.71. The van der Waals surface area contributed by atoms with Crippen LogP contribution in [0.4, 0.5) is 4.79 Å². The second kappa shape index (κ2) is 5.14. The van der Waals surface area contributed by atoms with E-state index < -0.39 is 6.09 Å². The van der Waals surface area contributed by atoms with Crippen molar-refractivity contribution in [3.05, 3.63) is 59.7 Å². The molecule has 1 amide bonds. The van der Waals surface area contributed by atoms with Gasteiger partial charge in [-0.2, -0.15) is 0 Å². The molecular weight excluding hydrogens is 276 g/mol. The van der Waals surface area contributed by atoms with E-state index in [9.17, 15) is 9.90 Å². The van der Waals surface area contributed by atoms with Crippen molar-refractivity contribution < 1.29 is 9.90 Å². The summed E-state index contributed by atoms with van der Waals surface area (Å²) in [5.74, 6) is 0.243. The zero-order valence-corrected chi connectivity index (χ0v) is 12.3. The molecule has 4 heteroatoms. The van der Waals surface area contributed by atoms with Crippen LogP contribution >= 0.6 is 0 Å². The third kappa shape index (κ3) is 1.99. The Kier molecular flexibility index (Phi) is 3.12. The predicted octanol–water partition coefficient (Wildman–Crippen LogP) is 3.40. The predicted molar refractivity (Wildman–Crippen MR) is 84.6 cm³/mol. The normalized spacial score (nSPS) is 17.5. The van der Waals surface area contributed by atoms with Gasteiger partial charge in [0.2, 0.25) is 0 Å². The van der Waals surface area contributed by atoms with Crippen LogP contribution in [0.2, 0.25) is 0 Å². The van der Waals surface area contributed by atoms with Crippen molar-refractivity contribution in [2.75, 3.05) is 19.6 Å². The van der Waals surface area contributed by atoms with Crippen LogP contribution < -0.4 is 0 Å². The van der Waals surface area contributed by atoms with Crippen LogP contribution in [0.15, 0.2) is 48.5 Å². The largest absolute Gasteiger partial charge is 0.464 e. The summed E-state index contributed by atoms with van der Waals surface area (Å²) >= 11 is 0. The molecule has 1 aliphatic carbocycles. The van der Waals surface area contributed by atoms with Crippen molar-refractivity contribution in [3.8, 4) is 11.1 Å². The Morgan fingerprint density at radius 3 is 2.18 bits per heavy atom. The van der Waals surface area contributed by atoms with E-state index in [0.29, 0.717) is 6.54 Å². The lowest BCUT2D eigenvalue weighted by Crippen LogP contribution is -2.42. The van der Waals surface area contributed by atoms with Gasteiger partial charge in [-0.15, -0.1) is 0 Å². The molecule has 0 spiro atoms. The number of hydrogen-bond donors (Lipinski definition) is 1. The molecule has 0 aromatic heterocycles. The van der Waals surface area contributed by atoms with Crippen molar-refractivity contribution >= 4 is 6.09 Å². The molecule has 4 nitrogen and oxygen atoms in total. The van der Waals surface area contributed by atoms with Crippen molar-refractivity contribution in [2.24, 2.45) is 0 Å². The Morgan fingerprint density at radius 2 is 1.59 bits per heavy atom. The molecule has 0 saturated carbocycles. The molecule has 1 saturated heterocycles. The molecule has 4 rings (SSSR count). The highest BCUT2D eigenvalue weighted by Gasteiger charge is 2.33. The van der Waals surface area contributed by atoms with E-state index in [0.717, 1.165) is 19.5 Å². The number of hydrogen-bond acceptors (Lipinski definition) is 2. The van der Waals surface area contributed by atoms with Gasteiger partial charge < -0.3 is 5.11 Å². The number of amides is 1. The van der Waals surface area contributed by atoms with Gasteiger partial charge in [-0.3, -0.25) is 0 Å². The van der Waals surface area contributed by atoms with Gasteiger partial charge in [0.15, 0.2) is 0 Å². The summed E-state index contributed by atoms with van der Waals surface area (Å²) in [7, 11) is 0. The van der Waals surface area contributed by atoms with Crippen LogP contribution in [-0.2, 0) is 0 Å². The number of rotatable bonds is 2. The molecule has 2 aromatic rings. The first-order valence-electron chi connectivity index (χ1n) is 7.69. The summed E-state index contributed by atoms with van der Waals surface area (Å²) in [6.07, 6.45) is 0.0551. The third-order valence-corrected chi connectivity index (χ3v) is 4.70. The highest BCUT2D eigenvalue weighted by molar-refractivity contribution is 5.78. The molecule has 2 aromatic carbocycles. The lowest BCUT2D eigenvalue weighted by Gasteiger charge is -2.28. The van der Waals surface area contributed by atoms with Crippen LogP contribution in [0.5, 0.6) is 0 Å². The monoisotopic (exact) mass is 294 g/mol. The average molecular weight is 294 g/mol. The number of hydrazine groups is 1. The van der Waals surface area contributed by atoms with Crippen molar-refractivity contribution in [2.45, 2.75) is 12.3 Å². The van der Waals surface area contributed by atoms with Gasteiger partial charge in [0.25, 0.3) is 0 Å². The van der Waals surface area contributed by atoms with Gasteiger partial charge in [-0.25, -0.2) is 14.8 Å². The van der Waals surface area contributed by atoms with Crippen LogP contribution in [-0.4, -0.2) is 40.9 Å². The second-order valence-corrected chi connectivity index (χ2v) is 5.90. The van der Waals surface area contributed by atoms with Crippen LogP contribution in [0.25, 0.3) is 11.1 Å². The molecule has 1 fully saturated rings. The van der Waals surface area contributed by atoms with E-state index in [-0.39, 0.29) is 5.92 Å². The fraction of sp³-hybridized carbons (Fsp3) is 0.278. The first kappa shape index (κ1) is 13.3. The minimum atomic E-state index is -0.850. The van der Waals surface area contributed by atoms with E-state index in [1.54, 1.807) is 0 Å². The fourth-order valence-electron chi connectivity index (χ4n) is 3.74. The molecule has 22 heavy (non-hydrogen) atoms. The lowest BCUT2D eigenvalue weighted by molar-refractivity contribution is 0.0308. The maximum atomic E-state index is 11.4. The SMILES string of the molecule is O=C(O)N1CCCN1CC1c2ccccc2-c2ccccc21. The van der Waals surface area contributed by atoms with Gasteiger partial charge in [0, 0.05) is 25.6 Å². The Morgan fingerprint density at radius 1 is 1.00 bits per heavy atom. The van der Waals surface area contributed by atoms with Gasteiger partial charge in [0.1, 0.15) is 0 Å². The van der Waals surface area contributed by atoms with Crippen molar-refractivity contribution in [1.29, 1.82) is 0 Å². The zero-order valence-electron chi connectivity index (χ0n) is 12.3. The molecule has 0 unspecified atom stereocenters. The number of carbonyl (C=O) groups is 1. The van der Waals surface area contributed by atoms with Crippen molar-refractivity contribution in [1.82, 2.24) is 10.0 Å². The number of nitrogens with zero attached hydrogens (tertiary/aromatic N) is 2. The molecule has 2 aliphatic rings. The topological polar surface area (TPSA) is 43.8 Å². The van der Waals surface area contributed by atoms with Crippen LogP contribution in [0.1, 0.15) is 23.5 Å². The Bertz CT molecular complexity index is 683. The third-order valence-electron chi connectivity index (χ3n) is 4.70. The van der Waals surface area contributed by atoms with E-state index in [1.807, 2.05) is 5.01 Å². The van der Waals surface area contributed by atoms with Crippen molar-refractivity contribution in [3.63, 3.8) is 0 Å². The van der Waals surface area contributed by atoms with Crippen LogP contribution in [0, 0.1) is 0 Å². The van der Waals surface area contributed by atoms with Gasteiger partial charge in [-0.05, 0) is 28.7 Å². The zero-order chi connectivity index (χ0) is 15.1. The van der Waals surface area contributed by atoms with E-state index >= 15 is 0 Å². The number of benzene rings is 2. The molecule has 1 aliphatic heterocycles. The first-order valence-corrected chi connectivity index (χ1v) is 7.69. The van der Waals surface area contributed by atoms with E-state index in [1.165, 1.54) is 27.3 Å². The molecule has 0 bridgehead atoms. The molecule has 0 radical (unpaired) electrons. The maximum absolute atomic E-state index is 11.4. The van der Waals surface area contributed by atoms with E-state index in [4.69, 9.17) is 0 Å². The number of fused-ring (bicyclic) bond motifs is 3. The average Bonchev–Trinajstić information content (AvgIpc) is 3.12. The molecule has 1 heterocycles. The van der Waals surface area contributed by atoms with Crippen LogP contribution in [0.3, 0.4) is 0 Å². The molecular formula is C18H18N2O2. The minimum absolute atomic E-state index is 0.243. The van der Waals surface area contributed by atoms with Gasteiger partial charge in [0.05, 0.1) is 0 Å². The molecule has 112 valence electrons. The van der Waals surface area contributed by atoms with E-state index in [2.05, 4.69) is 48.5 Å². The molecule has 0 atom stereocenters. The standard InChI is InChI=1S/C18H18N2O2/c21-18(22)20-11-5-10-19(20)12-17-15-8-3-1-6-13(15)14-7-2-4-9-16(14)17/h1-4,6-9,17H,5,10-12H2,(H,21,22). The second-order valence-electron chi connectivity index (χ2n) is 5.90.